The number of likely N-dealkylation sites (N-methyl/N-ethyl adjacent to an activating group) is 1. The largest absolute Gasteiger partial charge is 0.465 e. The molecule has 0 heterocycles. The number of esters is 1. The first kappa shape index (κ1) is 14.0. The third-order valence-electron chi connectivity index (χ3n) is 2.09. The molecule has 18 heavy (non-hydrogen) atoms. The molecule has 98 valence electrons. The van der Waals surface area contributed by atoms with Crippen molar-refractivity contribution in [3.63, 3.8) is 0 Å². The van der Waals surface area contributed by atoms with Crippen LogP contribution in [-0.2, 0) is 9.53 Å². The van der Waals surface area contributed by atoms with E-state index in [1.807, 2.05) is 0 Å². The molecule has 1 aromatic carbocycles. The highest BCUT2D eigenvalue weighted by Gasteiger charge is 2.13. The van der Waals surface area contributed by atoms with Crippen molar-refractivity contribution in [3.05, 3.63) is 30.1 Å². The average Bonchev–Trinajstić information content (AvgIpc) is 2.29. The Bertz CT molecular complexity index is 437. The van der Waals surface area contributed by atoms with Gasteiger partial charge in [-0.1, -0.05) is 6.07 Å². The summed E-state index contributed by atoms with van der Waals surface area (Å²) in [5, 5.41) is 2.47. The third-order valence-corrected chi connectivity index (χ3v) is 2.09. The molecule has 0 saturated heterocycles. The van der Waals surface area contributed by atoms with Crippen molar-refractivity contribution in [1.82, 2.24) is 4.90 Å². The monoisotopic (exact) mass is 254 g/mol. The number of carbonyl (C=O) groups excluding carboxylic acids is 2. The van der Waals surface area contributed by atoms with Gasteiger partial charge in [-0.25, -0.2) is 9.18 Å². The molecule has 0 aliphatic heterocycles. The number of carbonyl (C=O) groups is 2. The van der Waals surface area contributed by atoms with E-state index in [0.717, 1.165) is 4.90 Å². The smallest absolute Gasteiger partial charge is 0.325 e. The minimum atomic E-state index is -0.506. The number of anilines is 1. The van der Waals surface area contributed by atoms with E-state index < -0.39 is 17.8 Å². The van der Waals surface area contributed by atoms with E-state index in [-0.39, 0.29) is 13.2 Å². The first-order chi connectivity index (χ1) is 8.52. The topological polar surface area (TPSA) is 58.6 Å². The van der Waals surface area contributed by atoms with Gasteiger partial charge in [-0.2, -0.15) is 0 Å². The number of nitrogens with zero attached hydrogens (tertiary/aromatic N) is 1. The maximum atomic E-state index is 12.9. The standard InChI is InChI=1S/C12H15FN2O3/c1-3-18-11(16)8-15(2)12(17)14-10-6-4-5-9(13)7-10/h4-7H,3,8H2,1-2H3,(H,14,17). The predicted octanol–water partition coefficient (Wildman–Crippen LogP) is 1.85. The molecule has 2 amide bonds. The summed E-state index contributed by atoms with van der Waals surface area (Å²) in [6.07, 6.45) is 0. The number of hydrogen-bond donors (Lipinski definition) is 1. The number of rotatable bonds is 4. The van der Waals surface area contributed by atoms with Crippen LogP contribution >= 0.6 is 0 Å². The van der Waals surface area contributed by atoms with Crippen molar-refractivity contribution in [2.45, 2.75) is 6.92 Å². The Balaban J connectivity index is 2.52. The minimum absolute atomic E-state index is 0.158. The van der Waals surface area contributed by atoms with Crippen LogP contribution in [0.2, 0.25) is 0 Å². The van der Waals surface area contributed by atoms with E-state index in [1.165, 1.54) is 25.2 Å². The van der Waals surface area contributed by atoms with Crippen LogP contribution in [-0.4, -0.2) is 37.1 Å². The second-order valence-corrected chi connectivity index (χ2v) is 3.60. The molecule has 0 atom stereocenters. The molecule has 6 heteroatoms. The molecule has 0 bridgehead atoms. The summed E-state index contributed by atoms with van der Waals surface area (Å²) in [5.74, 6) is -0.935. The van der Waals surface area contributed by atoms with Crippen molar-refractivity contribution >= 4 is 17.7 Å². The van der Waals surface area contributed by atoms with E-state index in [9.17, 15) is 14.0 Å². The molecule has 0 radical (unpaired) electrons. The van der Waals surface area contributed by atoms with Crippen LogP contribution < -0.4 is 5.32 Å². The third kappa shape index (κ3) is 4.40. The van der Waals surface area contributed by atoms with Crippen LogP contribution in [0.5, 0.6) is 0 Å². The lowest BCUT2D eigenvalue weighted by Crippen LogP contribution is -2.36. The summed E-state index contributed by atoms with van der Waals surface area (Å²) < 4.78 is 17.6. The van der Waals surface area contributed by atoms with Gasteiger partial charge in [0, 0.05) is 12.7 Å². The normalized spacial score (nSPS) is 9.72. The van der Waals surface area contributed by atoms with E-state index in [2.05, 4.69) is 5.32 Å². The zero-order valence-corrected chi connectivity index (χ0v) is 10.3. The van der Waals surface area contributed by atoms with Crippen molar-refractivity contribution in [2.75, 3.05) is 25.5 Å². The second kappa shape index (κ2) is 6.58. The molecule has 0 unspecified atom stereocenters. The van der Waals surface area contributed by atoms with Gasteiger partial charge in [-0.05, 0) is 25.1 Å². The maximum Gasteiger partial charge on any atom is 0.325 e. The van der Waals surface area contributed by atoms with Crippen molar-refractivity contribution in [1.29, 1.82) is 0 Å². The molecular weight excluding hydrogens is 239 g/mol. The van der Waals surface area contributed by atoms with Crippen LogP contribution in [0.25, 0.3) is 0 Å². The highest BCUT2D eigenvalue weighted by atomic mass is 19.1. The fourth-order valence-corrected chi connectivity index (χ4v) is 1.26. The summed E-state index contributed by atoms with van der Waals surface area (Å²) in [6.45, 7) is 1.79. The number of ether oxygens (including phenoxy) is 1. The Labute approximate surface area is 105 Å². The minimum Gasteiger partial charge on any atom is -0.465 e. The number of amides is 2. The molecule has 0 fully saturated rings. The predicted molar refractivity (Wildman–Crippen MR) is 64.7 cm³/mol. The summed E-state index contributed by atoms with van der Waals surface area (Å²) in [7, 11) is 1.45. The van der Waals surface area contributed by atoms with E-state index in [1.54, 1.807) is 13.0 Å². The number of nitrogens with one attached hydrogen (secondary N) is 1. The first-order valence-corrected chi connectivity index (χ1v) is 5.46. The number of urea groups is 1. The van der Waals surface area contributed by atoms with E-state index >= 15 is 0 Å². The SMILES string of the molecule is CCOC(=O)CN(C)C(=O)Nc1cccc(F)c1. The van der Waals surface area contributed by atoms with E-state index in [4.69, 9.17) is 4.74 Å². The fraction of sp³-hybridized carbons (Fsp3) is 0.333. The van der Waals surface area contributed by atoms with Crippen LogP contribution in [0.15, 0.2) is 24.3 Å². The molecule has 0 aromatic heterocycles. The highest BCUT2D eigenvalue weighted by molar-refractivity contribution is 5.91. The zero-order valence-electron chi connectivity index (χ0n) is 10.3. The van der Waals surface area contributed by atoms with Gasteiger partial charge >= 0.3 is 12.0 Å². The van der Waals surface area contributed by atoms with Crippen LogP contribution in [0.4, 0.5) is 14.9 Å². The highest BCUT2D eigenvalue weighted by Crippen LogP contribution is 2.09. The molecular formula is C12H15FN2O3. The van der Waals surface area contributed by atoms with Crippen molar-refractivity contribution in [3.8, 4) is 0 Å². The number of hydrogen-bond acceptors (Lipinski definition) is 3. The lowest BCUT2D eigenvalue weighted by Gasteiger charge is -2.16. The molecule has 0 aliphatic carbocycles. The Morgan fingerprint density at radius 3 is 2.78 bits per heavy atom. The van der Waals surface area contributed by atoms with Gasteiger partial charge in [-0.15, -0.1) is 0 Å². The van der Waals surface area contributed by atoms with Crippen molar-refractivity contribution in [2.24, 2.45) is 0 Å². The molecule has 1 rings (SSSR count). The number of halogens is 1. The summed E-state index contributed by atoms with van der Waals surface area (Å²) in [5.41, 5.74) is 0.329. The van der Waals surface area contributed by atoms with Crippen LogP contribution in [0, 0.1) is 5.82 Å². The van der Waals surface area contributed by atoms with Gasteiger partial charge in [0.15, 0.2) is 0 Å². The van der Waals surface area contributed by atoms with Gasteiger partial charge in [-0.3, -0.25) is 4.79 Å². The quantitative estimate of drug-likeness (QED) is 0.834. The van der Waals surface area contributed by atoms with Crippen LogP contribution in [0.1, 0.15) is 6.92 Å². The van der Waals surface area contributed by atoms with Gasteiger partial charge < -0.3 is 15.0 Å². The molecule has 0 saturated carbocycles. The van der Waals surface area contributed by atoms with Crippen LogP contribution in [0.3, 0.4) is 0 Å². The zero-order chi connectivity index (χ0) is 13.5. The Morgan fingerprint density at radius 2 is 2.17 bits per heavy atom. The van der Waals surface area contributed by atoms with Gasteiger partial charge in [0.1, 0.15) is 12.4 Å². The lowest BCUT2D eigenvalue weighted by molar-refractivity contribution is -0.143. The molecule has 1 aromatic rings. The Hall–Kier alpha value is -2.11. The summed E-state index contributed by atoms with van der Waals surface area (Å²) >= 11 is 0. The average molecular weight is 254 g/mol. The maximum absolute atomic E-state index is 12.9. The molecule has 0 aliphatic rings. The summed E-state index contributed by atoms with van der Waals surface area (Å²) in [4.78, 5) is 24.0. The van der Waals surface area contributed by atoms with Crippen molar-refractivity contribution < 1.29 is 18.7 Å². The lowest BCUT2D eigenvalue weighted by atomic mass is 10.3. The van der Waals surface area contributed by atoms with Gasteiger partial charge in [0.05, 0.1) is 6.61 Å². The Morgan fingerprint density at radius 1 is 1.44 bits per heavy atom. The first-order valence-electron chi connectivity index (χ1n) is 5.46. The van der Waals surface area contributed by atoms with E-state index in [0.29, 0.717) is 5.69 Å². The Kier molecular flexibility index (Phi) is 5.10. The van der Waals surface area contributed by atoms with Gasteiger partial charge in [0.2, 0.25) is 0 Å². The fourth-order valence-electron chi connectivity index (χ4n) is 1.26. The molecule has 1 N–H and O–H groups in total. The van der Waals surface area contributed by atoms with Gasteiger partial charge in [0.25, 0.3) is 0 Å². The number of benzene rings is 1. The summed E-state index contributed by atoms with van der Waals surface area (Å²) in [6, 6.07) is 5.00. The molecule has 5 nitrogen and oxygen atoms in total. The second-order valence-electron chi connectivity index (χ2n) is 3.60. The molecule has 0 spiro atoms.